The molecule has 0 aliphatic carbocycles. The number of amides is 1. The largest absolute Gasteiger partial charge is 0.444 e. The predicted molar refractivity (Wildman–Crippen MR) is 77.0 cm³/mol. The summed E-state index contributed by atoms with van der Waals surface area (Å²) >= 11 is 0. The Morgan fingerprint density at radius 3 is 2.24 bits per heavy atom. The maximum atomic E-state index is 11.9. The zero-order valence-electron chi connectivity index (χ0n) is 13.3. The molecule has 3 aliphatic rings. The molecule has 0 atom stereocenters. The third-order valence-corrected chi connectivity index (χ3v) is 4.40. The van der Waals surface area contributed by atoms with E-state index in [1.807, 2.05) is 20.8 Å². The van der Waals surface area contributed by atoms with Crippen molar-refractivity contribution in [1.82, 2.24) is 9.80 Å². The van der Waals surface area contributed by atoms with E-state index >= 15 is 0 Å². The molecule has 120 valence electrons. The van der Waals surface area contributed by atoms with Gasteiger partial charge in [0.25, 0.3) is 0 Å². The Kier molecular flexibility index (Phi) is 3.88. The molecular weight excluding hydrogens is 272 g/mol. The highest BCUT2D eigenvalue weighted by atomic mass is 16.7. The van der Waals surface area contributed by atoms with Crippen molar-refractivity contribution in [3.8, 4) is 0 Å². The fourth-order valence-corrected chi connectivity index (χ4v) is 3.18. The molecule has 0 aromatic rings. The van der Waals surface area contributed by atoms with Gasteiger partial charge < -0.3 is 19.1 Å². The van der Waals surface area contributed by atoms with Gasteiger partial charge in [-0.15, -0.1) is 0 Å². The number of nitrogens with zero attached hydrogens (tertiary/aromatic N) is 2. The average molecular weight is 298 g/mol. The van der Waals surface area contributed by atoms with Gasteiger partial charge in [-0.25, -0.2) is 4.79 Å². The molecule has 0 radical (unpaired) electrons. The summed E-state index contributed by atoms with van der Waals surface area (Å²) in [4.78, 5) is 16.1. The summed E-state index contributed by atoms with van der Waals surface area (Å²) < 4.78 is 16.9. The lowest BCUT2D eigenvalue weighted by Gasteiger charge is -2.48. The Bertz CT molecular complexity index is 385. The van der Waals surface area contributed by atoms with Crippen LogP contribution in [0.2, 0.25) is 0 Å². The van der Waals surface area contributed by atoms with Gasteiger partial charge in [0.05, 0.1) is 13.2 Å². The van der Waals surface area contributed by atoms with Gasteiger partial charge >= 0.3 is 6.09 Å². The van der Waals surface area contributed by atoms with Gasteiger partial charge in [-0.3, -0.25) is 4.90 Å². The van der Waals surface area contributed by atoms with E-state index in [0.29, 0.717) is 6.04 Å². The summed E-state index contributed by atoms with van der Waals surface area (Å²) in [5.74, 6) is -0.314. The number of hydrogen-bond donors (Lipinski definition) is 0. The number of rotatable bonds is 1. The average Bonchev–Trinajstić information content (AvgIpc) is 2.76. The van der Waals surface area contributed by atoms with Crippen LogP contribution in [0.4, 0.5) is 4.79 Å². The van der Waals surface area contributed by atoms with Crippen LogP contribution in [0, 0.1) is 0 Å². The minimum atomic E-state index is -0.420. The Hall–Kier alpha value is -0.850. The maximum Gasteiger partial charge on any atom is 0.410 e. The quantitative estimate of drug-likeness (QED) is 0.733. The van der Waals surface area contributed by atoms with Crippen molar-refractivity contribution in [2.24, 2.45) is 0 Å². The highest BCUT2D eigenvalue weighted by molar-refractivity contribution is 5.69. The summed E-state index contributed by atoms with van der Waals surface area (Å²) in [5, 5.41) is 0. The van der Waals surface area contributed by atoms with Gasteiger partial charge in [0, 0.05) is 45.1 Å². The number of ether oxygens (including phenoxy) is 3. The topological polar surface area (TPSA) is 51.2 Å². The van der Waals surface area contributed by atoms with Crippen LogP contribution in [0.15, 0.2) is 0 Å². The zero-order valence-corrected chi connectivity index (χ0v) is 13.3. The smallest absolute Gasteiger partial charge is 0.410 e. The van der Waals surface area contributed by atoms with Crippen molar-refractivity contribution in [3.05, 3.63) is 0 Å². The van der Waals surface area contributed by atoms with E-state index in [4.69, 9.17) is 14.2 Å². The molecule has 3 saturated heterocycles. The molecule has 21 heavy (non-hydrogen) atoms. The lowest BCUT2D eigenvalue weighted by molar-refractivity contribution is -0.191. The minimum absolute atomic E-state index is 0.199. The molecule has 0 aromatic heterocycles. The van der Waals surface area contributed by atoms with Crippen LogP contribution in [0.3, 0.4) is 0 Å². The summed E-state index contributed by atoms with van der Waals surface area (Å²) in [6.07, 6.45) is 1.65. The molecule has 1 spiro atoms. The van der Waals surface area contributed by atoms with Crippen molar-refractivity contribution in [3.63, 3.8) is 0 Å². The van der Waals surface area contributed by atoms with Crippen molar-refractivity contribution in [1.29, 1.82) is 0 Å². The van der Waals surface area contributed by atoms with E-state index in [1.54, 1.807) is 4.90 Å². The molecule has 0 unspecified atom stereocenters. The zero-order chi connectivity index (χ0) is 15.1. The molecule has 0 bridgehead atoms. The Balaban J connectivity index is 1.42. The minimum Gasteiger partial charge on any atom is -0.444 e. The molecule has 6 nitrogen and oxygen atoms in total. The standard InChI is InChI=1S/C15H26N2O4/c1-14(2,3)21-13(18)17-10-12(11-17)16-6-4-15(5-7-16)19-8-9-20-15/h12H,4-11H2,1-3H3. The Morgan fingerprint density at radius 1 is 1.14 bits per heavy atom. The second-order valence-corrected chi connectivity index (χ2v) is 7.18. The maximum absolute atomic E-state index is 11.9. The van der Waals surface area contributed by atoms with E-state index in [-0.39, 0.29) is 11.9 Å². The van der Waals surface area contributed by atoms with E-state index in [9.17, 15) is 4.79 Å². The van der Waals surface area contributed by atoms with Gasteiger partial charge in [-0.1, -0.05) is 0 Å². The molecule has 1 amide bonds. The molecule has 0 saturated carbocycles. The fraction of sp³-hybridized carbons (Fsp3) is 0.933. The molecular formula is C15H26N2O4. The number of likely N-dealkylation sites (tertiary alicyclic amines) is 2. The first-order chi connectivity index (χ1) is 9.87. The van der Waals surface area contributed by atoms with Gasteiger partial charge in [0.1, 0.15) is 5.60 Å². The molecule has 0 N–H and O–H groups in total. The lowest BCUT2D eigenvalue weighted by Crippen LogP contribution is -2.63. The second-order valence-electron chi connectivity index (χ2n) is 7.18. The molecule has 0 aromatic carbocycles. The molecule has 3 fully saturated rings. The summed E-state index contributed by atoms with van der Waals surface area (Å²) in [6.45, 7) is 10.6. The predicted octanol–water partition coefficient (Wildman–Crippen LogP) is 1.44. The van der Waals surface area contributed by atoms with Crippen LogP contribution < -0.4 is 0 Å². The first kappa shape index (κ1) is 15.1. The van der Waals surface area contributed by atoms with Crippen LogP contribution in [0.1, 0.15) is 33.6 Å². The van der Waals surface area contributed by atoms with Gasteiger partial charge in [-0.05, 0) is 20.8 Å². The number of carbonyl (C=O) groups is 1. The Labute approximate surface area is 126 Å². The molecule has 3 aliphatic heterocycles. The molecule has 3 rings (SSSR count). The van der Waals surface area contributed by atoms with Crippen LogP contribution in [-0.4, -0.2) is 72.7 Å². The van der Waals surface area contributed by atoms with E-state index in [1.165, 1.54) is 0 Å². The van der Waals surface area contributed by atoms with Gasteiger partial charge in [0.2, 0.25) is 0 Å². The van der Waals surface area contributed by atoms with Crippen molar-refractivity contribution in [2.45, 2.75) is 51.0 Å². The van der Waals surface area contributed by atoms with Crippen molar-refractivity contribution >= 4 is 6.09 Å². The monoisotopic (exact) mass is 298 g/mol. The number of hydrogen-bond acceptors (Lipinski definition) is 5. The fourth-order valence-electron chi connectivity index (χ4n) is 3.18. The normalized spacial score (nSPS) is 26.9. The SMILES string of the molecule is CC(C)(C)OC(=O)N1CC(N2CCC3(CC2)OCCO3)C1. The number of piperidine rings is 1. The van der Waals surface area contributed by atoms with E-state index in [2.05, 4.69) is 4.90 Å². The van der Waals surface area contributed by atoms with Gasteiger partial charge in [0.15, 0.2) is 5.79 Å². The first-order valence-corrected chi connectivity index (χ1v) is 7.87. The summed E-state index contributed by atoms with van der Waals surface area (Å²) in [6, 6.07) is 0.455. The van der Waals surface area contributed by atoms with Gasteiger partial charge in [-0.2, -0.15) is 0 Å². The summed E-state index contributed by atoms with van der Waals surface area (Å²) in [7, 11) is 0. The third-order valence-electron chi connectivity index (χ3n) is 4.40. The highest BCUT2D eigenvalue weighted by Crippen LogP contribution is 2.33. The molecule has 6 heteroatoms. The van der Waals surface area contributed by atoms with Crippen molar-refractivity contribution < 1.29 is 19.0 Å². The Morgan fingerprint density at radius 2 is 1.71 bits per heavy atom. The van der Waals surface area contributed by atoms with E-state index < -0.39 is 5.60 Å². The lowest BCUT2D eigenvalue weighted by atomic mass is 9.99. The van der Waals surface area contributed by atoms with Crippen LogP contribution in [0.5, 0.6) is 0 Å². The molecule has 3 heterocycles. The van der Waals surface area contributed by atoms with E-state index in [0.717, 1.165) is 52.2 Å². The third kappa shape index (κ3) is 3.33. The second kappa shape index (κ2) is 5.41. The van der Waals surface area contributed by atoms with Crippen LogP contribution in [0.25, 0.3) is 0 Å². The van der Waals surface area contributed by atoms with Crippen molar-refractivity contribution in [2.75, 3.05) is 39.4 Å². The summed E-state index contributed by atoms with van der Waals surface area (Å²) in [5.41, 5.74) is -0.420. The highest BCUT2D eigenvalue weighted by Gasteiger charge is 2.44. The van der Waals surface area contributed by atoms with Crippen LogP contribution in [-0.2, 0) is 14.2 Å². The number of carbonyl (C=O) groups excluding carboxylic acids is 1. The van der Waals surface area contributed by atoms with Crippen LogP contribution >= 0.6 is 0 Å². The first-order valence-electron chi connectivity index (χ1n) is 7.87.